The number of anilines is 1. The Kier molecular flexibility index (Phi) is 5.75. The van der Waals surface area contributed by atoms with Crippen molar-refractivity contribution < 1.29 is 14.3 Å². The van der Waals surface area contributed by atoms with Gasteiger partial charge in [0.05, 0.1) is 10.7 Å². The summed E-state index contributed by atoms with van der Waals surface area (Å²) >= 11 is 10.5. The van der Waals surface area contributed by atoms with Crippen LogP contribution in [0, 0.1) is 26.6 Å². The van der Waals surface area contributed by atoms with Gasteiger partial charge in [-0.1, -0.05) is 11.6 Å². The number of benzene rings is 1. The molecular weight excluding hydrogens is 363 g/mol. The number of rotatable bonds is 3. The van der Waals surface area contributed by atoms with Crippen LogP contribution in [0.3, 0.4) is 0 Å². The molecule has 0 saturated carbocycles. The molecule has 1 aromatic carbocycles. The molecular formula is C18H18ClFN2O2S. The number of hydrogen-bond acceptors (Lipinski definition) is 4. The number of nitrogens with one attached hydrogen (secondary N) is 1. The molecule has 2 rings (SSSR count). The minimum atomic E-state index is -0.442. The Balaban J connectivity index is 2.37. The number of halogens is 2. The summed E-state index contributed by atoms with van der Waals surface area (Å²) in [5, 5.41) is 12.8. The van der Waals surface area contributed by atoms with Gasteiger partial charge in [-0.15, -0.1) is 12.6 Å². The monoisotopic (exact) mass is 380 g/mol. The van der Waals surface area contributed by atoms with Crippen molar-refractivity contribution in [1.29, 1.82) is 0 Å². The zero-order valence-electron chi connectivity index (χ0n) is 14.2. The van der Waals surface area contributed by atoms with Crippen LogP contribution < -0.4 is 5.32 Å². The number of thiol groups is 1. The van der Waals surface area contributed by atoms with Gasteiger partial charge in [0, 0.05) is 16.0 Å². The summed E-state index contributed by atoms with van der Waals surface area (Å²) in [6.07, 6.45) is 0. The van der Waals surface area contributed by atoms with Crippen molar-refractivity contribution >= 4 is 41.0 Å². The Hall–Kier alpha value is -2.05. The first-order chi connectivity index (χ1) is 11.6. The van der Waals surface area contributed by atoms with Gasteiger partial charge < -0.3 is 10.4 Å². The lowest BCUT2D eigenvalue weighted by Crippen LogP contribution is -2.16. The first-order valence-electron chi connectivity index (χ1n) is 7.46. The van der Waals surface area contributed by atoms with Crippen molar-refractivity contribution in [1.82, 2.24) is 4.98 Å². The zero-order chi connectivity index (χ0) is 18.9. The fraction of sp³-hybridized carbons (Fsp3) is 0.222. The van der Waals surface area contributed by atoms with Crippen molar-refractivity contribution in [2.45, 2.75) is 32.6 Å². The Bertz CT molecular complexity index is 897. The summed E-state index contributed by atoms with van der Waals surface area (Å²) in [5.41, 5.74) is 2.43. The summed E-state index contributed by atoms with van der Waals surface area (Å²) in [4.78, 5) is 17.1. The van der Waals surface area contributed by atoms with E-state index in [2.05, 4.69) is 22.9 Å². The van der Waals surface area contributed by atoms with Crippen LogP contribution in [-0.4, -0.2) is 16.0 Å². The van der Waals surface area contributed by atoms with Crippen molar-refractivity contribution in [3.8, 4) is 5.75 Å². The standard InChI is InChI=1S/C18H18ClFN2O2S/c1-8-9(2)17(21-11(4)16(8)23)22-18(24)10(3)15(19)13-6-5-12(20)7-14(13)25/h5-7,23,25H,1-4H3,(H,21,22,24)/b15-10-. The predicted molar refractivity (Wildman–Crippen MR) is 101 cm³/mol. The summed E-state index contributed by atoms with van der Waals surface area (Å²) in [6, 6.07) is 3.94. The predicted octanol–water partition coefficient (Wildman–Crippen LogP) is 4.75. The molecule has 1 aromatic heterocycles. The van der Waals surface area contributed by atoms with E-state index in [-0.39, 0.29) is 16.4 Å². The van der Waals surface area contributed by atoms with Crippen LogP contribution in [0.5, 0.6) is 5.75 Å². The van der Waals surface area contributed by atoms with Crippen molar-refractivity contribution in [3.05, 3.63) is 52.0 Å². The molecule has 132 valence electrons. The molecule has 7 heteroatoms. The third kappa shape index (κ3) is 3.96. The van der Waals surface area contributed by atoms with Crippen LogP contribution in [0.15, 0.2) is 28.7 Å². The number of carbonyl (C=O) groups excluding carboxylic acids is 1. The number of pyridine rings is 1. The highest BCUT2D eigenvalue weighted by molar-refractivity contribution is 7.80. The third-order valence-corrected chi connectivity index (χ3v) is 4.85. The normalized spacial score (nSPS) is 12.0. The molecule has 1 amide bonds. The molecule has 4 nitrogen and oxygen atoms in total. The van der Waals surface area contributed by atoms with E-state index in [9.17, 15) is 14.3 Å². The van der Waals surface area contributed by atoms with Gasteiger partial charge in [-0.25, -0.2) is 9.37 Å². The molecule has 0 saturated heterocycles. The van der Waals surface area contributed by atoms with Crippen LogP contribution in [-0.2, 0) is 4.79 Å². The van der Waals surface area contributed by atoms with Crippen LogP contribution in [0.4, 0.5) is 10.2 Å². The van der Waals surface area contributed by atoms with E-state index in [0.29, 0.717) is 33.1 Å². The van der Waals surface area contributed by atoms with Gasteiger partial charge in [-0.3, -0.25) is 4.79 Å². The number of nitrogens with zero attached hydrogens (tertiary/aromatic N) is 1. The average Bonchev–Trinajstić information content (AvgIpc) is 2.56. The van der Waals surface area contributed by atoms with Gasteiger partial charge in [0.2, 0.25) is 0 Å². The minimum absolute atomic E-state index is 0.104. The fourth-order valence-electron chi connectivity index (χ4n) is 2.25. The molecule has 0 aliphatic carbocycles. The molecule has 0 spiro atoms. The summed E-state index contributed by atoms with van der Waals surface area (Å²) in [7, 11) is 0. The number of carbonyl (C=O) groups is 1. The SMILES string of the molecule is C/C(C(=O)Nc1nc(C)c(O)c(C)c1C)=C(/Cl)c1ccc(F)cc1S. The lowest BCUT2D eigenvalue weighted by Gasteiger charge is -2.14. The van der Waals surface area contributed by atoms with E-state index in [1.165, 1.54) is 18.2 Å². The third-order valence-electron chi connectivity index (χ3n) is 3.99. The number of hydrogen-bond donors (Lipinski definition) is 3. The topological polar surface area (TPSA) is 62.2 Å². The Morgan fingerprint density at radius 3 is 2.52 bits per heavy atom. The number of aromatic hydroxyl groups is 1. The van der Waals surface area contributed by atoms with Gasteiger partial charge in [-0.2, -0.15) is 0 Å². The van der Waals surface area contributed by atoms with Crippen LogP contribution in [0.25, 0.3) is 5.03 Å². The molecule has 0 fully saturated rings. The molecule has 25 heavy (non-hydrogen) atoms. The molecule has 0 radical (unpaired) electrons. The Morgan fingerprint density at radius 2 is 1.92 bits per heavy atom. The van der Waals surface area contributed by atoms with Crippen molar-refractivity contribution in [3.63, 3.8) is 0 Å². The number of aryl methyl sites for hydroxylation is 1. The van der Waals surface area contributed by atoms with Crippen LogP contribution >= 0.6 is 24.2 Å². The maximum atomic E-state index is 13.2. The molecule has 2 aromatic rings. The fourth-order valence-corrected chi connectivity index (χ4v) is 2.87. The second-order valence-corrected chi connectivity index (χ2v) is 6.56. The second kappa shape index (κ2) is 7.45. The molecule has 0 bridgehead atoms. The van der Waals surface area contributed by atoms with Crippen LogP contribution in [0.2, 0.25) is 0 Å². The zero-order valence-corrected chi connectivity index (χ0v) is 15.9. The largest absolute Gasteiger partial charge is 0.506 e. The number of amides is 1. The molecule has 0 unspecified atom stereocenters. The first kappa shape index (κ1) is 19.3. The van der Waals surface area contributed by atoms with Gasteiger partial charge in [0.1, 0.15) is 17.4 Å². The van der Waals surface area contributed by atoms with Gasteiger partial charge >= 0.3 is 0 Å². The van der Waals surface area contributed by atoms with Gasteiger partial charge in [-0.05, 0) is 57.0 Å². The molecule has 2 N–H and O–H groups in total. The molecule has 0 aliphatic heterocycles. The average molecular weight is 381 g/mol. The van der Waals surface area contributed by atoms with E-state index in [1.807, 2.05) is 0 Å². The molecule has 1 heterocycles. The van der Waals surface area contributed by atoms with Crippen molar-refractivity contribution in [2.24, 2.45) is 0 Å². The van der Waals surface area contributed by atoms with E-state index >= 15 is 0 Å². The highest BCUT2D eigenvalue weighted by Gasteiger charge is 2.17. The van der Waals surface area contributed by atoms with E-state index in [0.717, 1.165) is 0 Å². The lowest BCUT2D eigenvalue weighted by molar-refractivity contribution is -0.112. The second-order valence-electron chi connectivity index (χ2n) is 5.70. The number of aromatic nitrogens is 1. The Labute approximate surface area is 156 Å². The maximum absolute atomic E-state index is 13.2. The highest BCUT2D eigenvalue weighted by atomic mass is 35.5. The summed E-state index contributed by atoms with van der Waals surface area (Å²) in [6.45, 7) is 6.71. The first-order valence-corrected chi connectivity index (χ1v) is 8.29. The van der Waals surface area contributed by atoms with Crippen molar-refractivity contribution in [2.75, 3.05) is 5.32 Å². The summed E-state index contributed by atoms with van der Waals surface area (Å²) < 4.78 is 13.2. The lowest BCUT2D eigenvalue weighted by atomic mass is 10.1. The molecule has 0 aliphatic rings. The van der Waals surface area contributed by atoms with E-state index < -0.39 is 11.7 Å². The van der Waals surface area contributed by atoms with Crippen LogP contribution in [0.1, 0.15) is 29.3 Å². The summed E-state index contributed by atoms with van der Waals surface area (Å²) in [5.74, 6) is -0.420. The quantitative estimate of drug-likeness (QED) is 0.532. The Morgan fingerprint density at radius 1 is 1.28 bits per heavy atom. The minimum Gasteiger partial charge on any atom is -0.506 e. The maximum Gasteiger partial charge on any atom is 0.253 e. The van der Waals surface area contributed by atoms with Gasteiger partial charge in [0.25, 0.3) is 5.91 Å². The highest BCUT2D eigenvalue weighted by Crippen LogP contribution is 2.31. The van der Waals surface area contributed by atoms with E-state index in [1.54, 1.807) is 27.7 Å². The van der Waals surface area contributed by atoms with E-state index in [4.69, 9.17) is 11.6 Å². The molecule has 0 atom stereocenters. The van der Waals surface area contributed by atoms with Gasteiger partial charge in [0.15, 0.2) is 0 Å². The smallest absolute Gasteiger partial charge is 0.253 e.